The van der Waals surface area contributed by atoms with E-state index in [1.807, 2.05) is 0 Å². The van der Waals surface area contributed by atoms with Gasteiger partial charge in [-0.25, -0.2) is 29.0 Å². The average Bonchev–Trinajstić information content (AvgIpc) is 3.04. The second-order valence-electron chi connectivity index (χ2n) is 7.71. The standard InChI is InChI=1S/C26H30O18/c1-31-17-11-9-15(19(33-3)21(17)35-5)23(27)39-43-41-25(29)37-13-7-8-14-38-26(30)42-44-40-24(28)16-10-12-18(32-2)22(36-6)20(16)34-4/h9-12H,7-8,13-14H2,1-6H3. The summed E-state index contributed by atoms with van der Waals surface area (Å²) in [5.74, 6) is -1.29. The van der Waals surface area contributed by atoms with Crippen molar-refractivity contribution in [3.05, 3.63) is 35.4 Å². The van der Waals surface area contributed by atoms with E-state index in [2.05, 4.69) is 29.6 Å². The molecule has 0 radical (unpaired) electrons. The van der Waals surface area contributed by atoms with Gasteiger partial charge in [-0.1, -0.05) is 0 Å². The zero-order valence-corrected chi connectivity index (χ0v) is 24.5. The monoisotopic (exact) mass is 630 g/mol. The van der Waals surface area contributed by atoms with Crippen LogP contribution >= 0.6 is 0 Å². The van der Waals surface area contributed by atoms with Gasteiger partial charge < -0.3 is 37.9 Å². The summed E-state index contributed by atoms with van der Waals surface area (Å²) in [6.07, 6.45) is -2.22. The van der Waals surface area contributed by atoms with Crippen LogP contribution in [0, 0.1) is 0 Å². The van der Waals surface area contributed by atoms with Crippen LogP contribution in [0.3, 0.4) is 0 Å². The molecule has 242 valence electrons. The lowest BCUT2D eigenvalue weighted by atomic mass is 10.1. The molecule has 0 atom stereocenters. The maximum Gasteiger partial charge on any atom is 0.543 e. The summed E-state index contributed by atoms with van der Waals surface area (Å²) in [5, 5.41) is 8.32. The minimum Gasteiger partial charge on any atom is -0.493 e. The number of ether oxygens (including phenoxy) is 8. The number of carbonyl (C=O) groups is 4. The number of hydrogen-bond acceptors (Lipinski definition) is 18. The molecule has 0 saturated carbocycles. The third-order valence-corrected chi connectivity index (χ3v) is 5.25. The Balaban J connectivity index is 1.62. The number of benzene rings is 2. The third kappa shape index (κ3) is 9.60. The highest BCUT2D eigenvalue weighted by molar-refractivity contribution is 5.94. The lowest BCUT2D eigenvalue weighted by Crippen LogP contribution is -2.15. The van der Waals surface area contributed by atoms with Crippen molar-refractivity contribution in [1.29, 1.82) is 0 Å². The molecule has 2 aromatic carbocycles. The summed E-state index contributed by atoms with van der Waals surface area (Å²) in [5.41, 5.74) is -0.218. The van der Waals surface area contributed by atoms with Gasteiger partial charge in [0.2, 0.25) is 11.5 Å². The largest absolute Gasteiger partial charge is 0.543 e. The van der Waals surface area contributed by atoms with E-state index in [1.165, 1.54) is 66.9 Å². The number of rotatable bonds is 17. The summed E-state index contributed by atoms with van der Waals surface area (Å²) < 4.78 is 40.3. The van der Waals surface area contributed by atoms with Gasteiger partial charge >= 0.3 is 24.2 Å². The smallest absolute Gasteiger partial charge is 0.493 e. The minimum atomic E-state index is -1.32. The predicted octanol–water partition coefficient (Wildman–Crippen LogP) is 3.53. The van der Waals surface area contributed by atoms with Crippen molar-refractivity contribution in [2.75, 3.05) is 55.9 Å². The maximum atomic E-state index is 12.2. The molecule has 0 aliphatic carbocycles. The van der Waals surface area contributed by atoms with Gasteiger partial charge in [0.15, 0.2) is 23.0 Å². The Morgan fingerprint density at radius 2 is 0.841 bits per heavy atom. The zero-order valence-electron chi connectivity index (χ0n) is 24.5. The van der Waals surface area contributed by atoms with Crippen molar-refractivity contribution < 1.29 is 86.7 Å². The third-order valence-electron chi connectivity index (χ3n) is 5.25. The van der Waals surface area contributed by atoms with Crippen LogP contribution in [-0.2, 0) is 39.1 Å². The Kier molecular flexibility index (Phi) is 14.4. The summed E-state index contributed by atoms with van der Waals surface area (Å²) >= 11 is 0. The molecule has 0 saturated heterocycles. The molecule has 0 amide bonds. The van der Waals surface area contributed by atoms with E-state index < -0.39 is 24.2 Å². The summed E-state index contributed by atoms with van der Waals surface area (Å²) in [4.78, 5) is 64.9. The molecule has 18 heteroatoms. The quantitative estimate of drug-likeness (QED) is 0.106. The van der Waals surface area contributed by atoms with Crippen LogP contribution in [0.2, 0.25) is 0 Å². The van der Waals surface area contributed by atoms with Crippen molar-refractivity contribution in [1.82, 2.24) is 0 Å². The van der Waals surface area contributed by atoms with Gasteiger partial charge in [-0.15, -0.1) is 0 Å². The maximum absolute atomic E-state index is 12.2. The van der Waals surface area contributed by atoms with Crippen molar-refractivity contribution in [2.45, 2.75) is 12.8 Å². The van der Waals surface area contributed by atoms with Crippen LogP contribution in [0.5, 0.6) is 34.5 Å². The van der Waals surface area contributed by atoms with Crippen LogP contribution in [0.1, 0.15) is 33.6 Å². The molecule has 0 fully saturated rings. The van der Waals surface area contributed by atoms with E-state index in [0.29, 0.717) is 11.5 Å². The molecular weight excluding hydrogens is 600 g/mol. The topological polar surface area (TPSA) is 197 Å². The normalized spacial score (nSPS) is 10.0. The molecule has 44 heavy (non-hydrogen) atoms. The molecule has 0 heterocycles. The summed E-state index contributed by atoms with van der Waals surface area (Å²) in [7, 11) is 8.08. The first-order chi connectivity index (χ1) is 21.3. The fraction of sp³-hybridized carbons (Fsp3) is 0.385. The number of carbonyl (C=O) groups excluding carboxylic acids is 4. The lowest BCUT2D eigenvalue weighted by molar-refractivity contribution is -0.452. The van der Waals surface area contributed by atoms with Crippen molar-refractivity contribution >= 4 is 24.2 Å². The van der Waals surface area contributed by atoms with E-state index in [4.69, 9.17) is 37.9 Å². The molecule has 0 aromatic heterocycles. The Morgan fingerprint density at radius 3 is 1.16 bits per heavy atom. The summed E-state index contributed by atoms with van der Waals surface area (Å²) in [6, 6.07) is 5.49. The minimum absolute atomic E-state index is 0.00280. The van der Waals surface area contributed by atoms with Gasteiger partial charge in [-0.2, -0.15) is 0 Å². The van der Waals surface area contributed by atoms with E-state index in [9.17, 15) is 19.2 Å². The van der Waals surface area contributed by atoms with Gasteiger partial charge in [-0.3, -0.25) is 9.78 Å². The highest BCUT2D eigenvalue weighted by Gasteiger charge is 2.24. The number of hydrogen-bond donors (Lipinski definition) is 0. The predicted molar refractivity (Wildman–Crippen MR) is 139 cm³/mol. The molecule has 18 nitrogen and oxygen atoms in total. The number of unbranched alkanes of at least 4 members (excludes halogenated alkanes) is 1. The Bertz CT molecular complexity index is 1180. The fourth-order valence-corrected chi connectivity index (χ4v) is 3.33. The molecule has 0 aliphatic heterocycles. The van der Waals surface area contributed by atoms with Crippen molar-refractivity contribution in [3.8, 4) is 34.5 Å². The van der Waals surface area contributed by atoms with Crippen LogP contribution in [0.15, 0.2) is 24.3 Å². The van der Waals surface area contributed by atoms with Gasteiger partial charge in [0.1, 0.15) is 11.1 Å². The second kappa shape index (κ2) is 18.2. The highest BCUT2D eigenvalue weighted by atomic mass is 17.5. The summed E-state index contributed by atoms with van der Waals surface area (Å²) in [6.45, 7) is -0.362. The van der Waals surface area contributed by atoms with Crippen LogP contribution in [0.25, 0.3) is 0 Å². The van der Waals surface area contributed by atoms with E-state index in [1.54, 1.807) is 0 Å². The molecule has 0 aliphatic rings. The molecule has 2 aromatic rings. The molecule has 0 unspecified atom stereocenters. The first-order valence-corrected chi connectivity index (χ1v) is 12.3. The SMILES string of the molecule is COc1ccc(C(=O)OOOC(=O)OCCCCOC(=O)OOOC(=O)c2ccc(OC)c(OC)c2OC)c(OC)c1OC. The Hall–Kier alpha value is -5.36. The van der Waals surface area contributed by atoms with E-state index in [-0.39, 0.29) is 60.2 Å². The van der Waals surface area contributed by atoms with Gasteiger partial charge in [0, 0.05) is 0 Å². The second-order valence-corrected chi connectivity index (χ2v) is 7.71. The van der Waals surface area contributed by atoms with Gasteiger partial charge in [-0.05, 0) is 37.1 Å². The zero-order chi connectivity index (χ0) is 32.5. The van der Waals surface area contributed by atoms with E-state index >= 15 is 0 Å². The molecule has 0 spiro atoms. The van der Waals surface area contributed by atoms with Crippen LogP contribution in [-0.4, -0.2) is 80.1 Å². The van der Waals surface area contributed by atoms with Gasteiger partial charge in [0.25, 0.3) is 0 Å². The van der Waals surface area contributed by atoms with Crippen molar-refractivity contribution in [3.63, 3.8) is 0 Å². The first-order valence-electron chi connectivity index (χ1n) is 12.3. The van der Waals surface area contributed by atoms with Crippen LogP contribution < -0.4 is 28.4 Å². The fourth-order valence-electron chi connectivity index (χ4n) is 3.33. The lowest BCUT2D eigenvalue weighted by Gasteiger charge is -2.14. The molecule has 0 bridgehead atoms. The van der Waals surface area contributed by atoms with Crippen molar-refractivity contribution in [2.24, 2.45) is 0 Å². The first kappa shape index (κ1) is 34.8. The molecule has 2 rings (SSSR count). The number of methoxy groups -OCH3 is 6. The average molecular weight is 631 g/mol. The van der Waals surface area contributed by atoms with Crippen LogP contribution in [0.4, 0.5) is 9.59 Å². The molecular formula is C26H30O18. The Labute approximate surface area is 250 Å². The highest BCUT2D eigenvalue weighted by Crippen LogP contribution is 2.41. The Morgan fingerprint density at radius 1 is 0.477 bits per heavy atom. The molecule has 0 N–H and O–H groups in total. The van der Waals surface area contributed by atoms with Gasteiger partial charge in [0.05, 0.1) is 65.9 Å². The van der Waals surface area contributed by atoms with E-state index in [0.717, 1.165) is 0 Å².